The van der Waals surface area contributed by atoms with Crippen molar-refractivity contribution in [1.29, 1.82) is 0 Å². The first kappa shape index (κ1) is 17.5. The maximum Gasteiger partial charge on any atom is 0.122 e. The maximum absolute atomic E-state index is 10.5. The van der Waals surface area contributed by atoms with Crippen LogP contribution in [-0.2, 0) is 6.54 Å². The van der Waals surface area contributed by atoms with Gasteiger partial charge in [-0.15, -0.1) is 0 Å². The van der Waals surface area contributed by atoms with E-state index in [2.05, 4.69) is 31.4 Å². The molecule has 0 fully saturated rings. The number of hydrogen-bond acceptors (Lipinski definition) is 3. The summed E-state index contributed by atoms with van der Waals surface area (Å²) in [7, 11) is 0. The normalized spacial score (nSPS) is 12.7. The van der Waals surface area contributed by atoms with Crippen LogP contribution < -0.4 is 4.74 Å². The number of imidazole rings is 1. The molecule has 1 atom stereocenters. The highest BCUT2D eigenvalue weighted by Gasteiger charge is 2.17. The molecule has 2 aromatic carbocycles. The Labute approximate surface area is 149 Å². The van der Waals surface area contributed by atoms with Crippen molar-refractivity contribution >= 4 is 11.0 Å². The van der Waals surface area contributed by atoms with Gasteiger partial charge in [-0.05, 0) is 37.6 Å². The van der Waals surface area contributed by atoms with E-state index < -0.39 is 6.10 Å². The number of ether oxygens (including phenoxy) is 1. The van der Waals surface area contributed by atoms with Crippen LogP contribution in [0.1, 0.15) is 36.7 Å². The summed E-state index contributed by atoms with van der Waals surface area (Å²) in [6.45, 7) is 9.05. The minimum atomic E-state index is -0.601. The fourth-order valence-corrected chi connectivity index (χ4v) is 3.14. The molecule has 0 radical (unpaired) electrons. The van der Waals surface area contributed by atoms with Crippen LogP contribution in [0.25, 0.3) is 11.0 Å². The van der Waals surface area contributed by atoms with Crippen molar-refractivity contribution in [3.8, 4) is 5.75 Å². The van der Waals surface area contributed by atoms with Crippen LogP contribution in [-0.4, -0.2) is 27.4 Å². The number of fused-ring (bicyclic) bond motifs is 1. The summed E-state index contributed by atoms with van der Waals surface area (Å²) < 4.78 is 7.94. The Morgan fingerprint density at radius 3 is 2.60 bits per heavy atom. The van der Waals surface area contributed by atoms with Crippen molar-refractivity contribution in [2.75, 3.05) is 6.61 Å². The summed E-state index contributed by atoms with van der Waals surface area (Å²) >= 11 is 0. The third-order valence-electron chi connectivity index (χ3n) is 4.36. The molecule has 0 saturated carbocycles. The molecule has 3 rings (SSSR count). The van der Waals surface area contributed by atoms with Crippen molar-refractivity contribution < 1.29 is 9.84 Å². The van der Waals surface area contributed by atoms with E-state index in [1.54, 1.807) is 0 Å². The fourth-order valence-electron chi connectivity index (χ4n) is 3.14. The molecule has 0 spiro atoms. The number of para-hydroxylation sites is 2. The van der Waals surface area contributed by atoms with Crippen molar-refractivity contribution in [2.24, 2.45) is 0 Å². The van der Waals surface area contributed by atoms with Crippen LogP contribution in [0.3, 0.4) is 0 Å². The van der Waals surface area contributed by atoms with E-state index in [0.29, 0.717) is 12.5 Å². The van der Waals surface area contributed by atoms with E-state index in [0.717, 1.165) is 28.2 Å². The van der Waals surface area contributed by atoms with Crippen LogP contribution >= 0.6 is 0 Å². The summed E-state index contributed by atoms with van der Waals surface area (Å²) in [5, 5.41) is 10.5. The number of benzene rings is 2. The molecule has 0 amide bonds. The number of rotatable bonds is 6. The van der Waals surface area contributed by atoms with Crippen molar-refractivity contribution in [2.45, 2.75) is 46.3 Å². The quantitative estimate of drug-likeness (QED) is 0.732. The minimum Gasteiger partial charge on any atom is -0.491 e. The Morgan fingerprint density at radius 1 is 1.12 bits per heavy atom. The molecule has 1 aromatic heterocycles. The molecule has 0 saturated heterocycles. The number of aliphatic hydroxyl groups is 1. The Morgan fingerprint density at radius 2 is 1.88 bits per heavy atom. The Balaban J connectivity index is 1.75. The first-order chi connectivity index (χ1) is 12.0. The molecule has 0 unspecified atom stereocenters. The van der Waals surface area contributed by atoms with Gasteiger partial charge in [-0.3, -0.25) is 0 Å². The van der Waals surface area contributed by atoms with E-state index in [1.807, 2.05) is 43.3 Å². The fraction of sp³-hybridized carbons (Fsp3) is 0.381. The van der Waals surface area contributed by atoms with Crippen molar-refractivity contribution in [3.63, 3.8) is 0 Å². The second-order valence-corrected chi connectivity index (χ2v) is 6.96. The molecule has 4 nitrogen and oxygen atoms in total. The van der Waals surface area contributed by atoms with Crippen LogP contribution in [0.2, 0.25) is 0 Å². The molecule has 3 aromatic rings. The van der Waals surface area contributed by atoms with E-state index in [1.165, 1.54) is 5.56 Å². The van der Waals surface area contributed by atoms with Gasteiger partial charge in [0, 0.05) is 5.92 Å². The highest BCUT2D eigenvalue weighted by atomic mass is 16.5. The predicted octanol–water partition coefficient (Wildman–Crippen LogP) is 4.22. The molecule has 0 aliphatic carbocycles. The molecular weight excluding hydrogens is 312 g/mol. The van der Waals surface area contributed by atoms with Gasteiger partial charge in [0.05, 0.1) is 17.6 Å². The number of nitrogens with zero attached hydrogens (tertiary/aromatic N) is 2. The zero-order valence-electron chi connectivity index (χ0n) is 15.4. The molecule has 25 heavy (non-hydrogen) atoms. The van der Waals surface area contributed by atoms with Crippen LogP contribution in [0.5, 0.6) is 5.75 Å². The van der Waals surface area contributed by atoms with Gasteiger partial charge in [-0.1, -0.05) is 43.7 Å². The van der Waals surface area contributed by atoms with Gasteiger partial charge in [0.15, 0.2) is 0 Å². The van der Waals surface area contributed by atoms with Gasteiger partial charge in [-0.25, -0.2) is 4.98 Å². The van der Waals surface area contributed by atoms with Gasteiger partial charge in [-0.2, -0.15) is 0 Å². The SMILES string of the molecule is Cc1ccc(OC[C@@H](O)Cn2c(C(C)C)nc3ccccc32)c(C)c1. The zero-order chi connectivity index (χ0) is 18.0. The van der Waals surface area contributed by atoms with Gasteiger partial charge < -0.3 is 14.4 Å². The molecule has 1 heterocycles. The number of aromatic nitrogens is 2. The molecule has 1 N–H and O–H groups in total. The highest BCUT2D eigenvalue weighted by Crippen LogP contribution is 2.23. The molecule has 0 aliphatic rings. The first-order valence-electron chi connectivity index (χ1n) is 8.79. The molecule has 132 valence electrons. The van der Waals surface area contributed by atoms with Gasteiger partial charge in [0.2, 0.25) is 0 Å². The van der Waals surface area contributed by atoms with Gasteiger partial charge in [0.1, 0.15) is 24.3 Å². The summed E-state index contributed by atoms with van der Waals surface area (Å²) in [5.41, 5.74) is 4.31. The monoisotopic (exact) mass is 338 g/mol. The topological polar surface area (TPSA) is 47.3 Å². The van der Waals surface area contributed by atoms with Crippen LogP contribution in [0.4, 0.5) is 0 Å². The summed E-state index contributed by atoms with van der Waals surface area (Å²) in [6.07, 6.45) is -0.601. The smallest absolute Gasteiger partial charge is 0.122 e. The van der Waals surface area contributed by atoms with E-state index in [-0.39, 0.29) is 6.61 Å². The second kappa shape index (κ2) is 7.28. The van der Waals surface area contributed by atoms with Crippen LogP contribution in [0.15, 0.2) is 42.5 Å². The summed E-state index contributed by atoms with van der Waals surface area (Å²) in [4.78, 5) is 4.72. The van der Waals surface area contributed by atoms with Gasteiger partial charge in [0.25, 0.3) is 0 Å². The average Bonchev–Trinajstić information content (AvgIpc) is 2.93. The number of hydrogen-bond donors (Lipinski definition) is 1. The zero-order valence-corrected chi connectivity index (χ0v) is 15.4. The van der Waals surface area contributed by atoms with Gasteiger partial charge >= 0.3 is 0 Å². The largest absolute Gasteiger partial charge is 0.491 e. The van der Waals surface area contributed by atoms with E-state index in [9.17, 15) is 5.11 Å². The lowest BCUT2D eigenvalue weighted by Crippen LogP contribution is -2.25. The minimum absolute atomic E-state index is 0.258. The summed E-state index contributed by atoms with van der Waals surface area (Å²) in [6, 6.07) is 14.1. The third kappa shape index (κ3) is 3.85. The lowest BCUT2D eigenvalue weighted by atomic mass is 10.1. The number of aryl methyl sites for hydroxylation is 2. The molecular formula is C21H26N2O2. The molecule has 4 heteroatoms. The maximum atomic E-state index is 10.5. The number of aliphatic hydroxyl groups excluding tert-OH is 1. The highest BCUT2D eigenvalue weighted by molar-refractivity contribution is 5.76. The first-order valence-corrected chi connectivity index (χ1v) is 8.79. The molecule has 0 aliphatic heterocycles. The van der Waals surface area contributed by atoms with E-state index >= 15 is 0 Å². The Kier molecular flexibility index (Phi) is 5.09. The standard InChI is InChI=1S/C21H26N2O2/c1-14(2)21-22-18-7-5-6-8-19(18)23(21)12-17(24)13-25-20-10-9-15(3)11-16(20)4/h5-11,14,17,24H,12-13H2,1-4H3/t17-/m0/s1. The van der Waals surface area contributed by atoms with Crippen LogP contribution in [0, 0.1) is 13.8 Å². The summed E-state index contributed by atoms with van der Waals surface area (Å²) in [5.74, 6) is 2.11. The van der Waals surface area contributed by atoms with E-state index in [4.69, 9.17) is 9.72 Å². The third-order valence-corrected chi connectivity index (χ3v) is 4.36. The molecule has 0 bridgehead atoms. The van der Waals surface area contributed by atoms with Crippen molar-refractivity contribution in [3.05, 3.63) is 59.4 Å². The average molecular weight is 338 g/mol. The Bertz CT molecular complexity index is 867. The predicted molar refractivity (Wildman–Crippen MR) is 101 cm³/mol. The van der Waals surface area contributed by atoms with Crippen molar-refractivity contribution in [1.82, 2.24) is 9.55 Å². The Hall–Kier alpha value is -2.33. The second-order valence-electron chi connectivity index (χ2n) is 6.96. The lowest BCUT2D eigenvalue weighted by Gasteiger charge is -2.17. The lowest BCUT2D eigenvalue weighted by molar-refractivity contribution is 0.0922.